The Hall–Kier alpha value is -1.56. The number of rotatable bonds is 7. The number of benzene rings is 1. The molecule has 0 heterocycles. The first kappa shape index (κ1) is 16.5. The average Bonchev–Trinajstić information content (AvgIpc) is 2.38. The maximum atomic E-state index is 12.0. The fourth-order valence-electron chi connectivity index (χ4n) is 1.74. The van der Waals surface area contributed by atoms with Crippen molar-refractivity contribution in [2.75, 3.05) is 6.54 Å². The summed E-state index contributed by atoms with van der Waals surface area (Å²) in [5.74, 6) is -1.87. The molecule has 20 heavy (non-hydrogen) atoms. The van der Waals surface area contributed by atoms with Crippen LogP contribution >= 0.6 is 0 Å². The normalized spacial score (nSPS) is 13.0. The Morgan fingerprint density at radius 3 is 2.50 bits per heavy atom. The van der Waals surface area contributed by atoms with E-state index in [0.717, 1.165) is 12.1 Å². The van der Waals surface area contributed by atoms with E-state index in [2.05, 4.69) is 5.32 Å². The van der Waals surface area contributed by atoms with Crippen molar-refractivity contribution in [2.24, 2.45) is 0 Å². The van der Waals surface area contributed by atoms with Crippen molar-refractivity contribution in [3.8, 4) is 0 Å². The van der Waals surface area contributed by atoms with Crippen LogP contribution in [0.3, 0.4) is 0 Å². The number of amides is 1. The molecule has 1 rings (SSSR count). The van der Waals surface area contributed by atoms with E-state index in [9.17, 15) is 18.0 Å². The maximum Gasteiger partial charge on any atom is 0.471 e. The maximum absolute atomic E-state index is 12.0. The van der Waals surface area contributed by atoms with Gasteiger partial charge in [-0.3, -0.25) is 4.79 Å². The Morgan fingerprint density at radius 2 is 1.90 bits per heavy atom. The van der Waals surface area contributed by atoms with Crippen molar-refractivity contribution in [3.05, 3.63) is 35.9 Å². The summed E-state index contributed by atoms with van der Waals surface area (Å²) >= 11 is 0. The highest BCUT2D eigenvalue weighted by Crippen LogP contribution is 2.14. The van der Waals surface area contributed by atoms with Crippen molar-refractivity contribution in [1.82, 2.24) is 10.6 Å². The van der Waals surface area contributed by atoms with Gasteiger partial charge >= 0.3 is 12.1 Å². The van der Waals surface area contributed by atoms with Crippen molar-refractivity contribution < 1.29 is 18.0 Å². The van der Waals surface area contributed by atoms with E-state index in [-0.39, 0.29) is 0 Å². The lowest BCUT2D eigenvalue weighted by Gasteiger charge is -2.15. The molecule has 1 aromatic carbocycles. The summed E-state index contributed by atoms with van der Waals surface area (Å²) in [4.78, 5) is 10.7. The van der Waals surface area contributed by atoms with Gasteiger partial charge in [0.15, 0.2) is 0 Å². The molecule has 0 aliphatic rings. The molecule has 3 nitrogen and oxygen atoms in total. The zero-order valence-electron chi connectivity index (χ0n) is 11.3. The number of hydrogen-bond acceptors (Lipinski definition) is 2. The highest BCUT2D eigenvalue weighted by Gasteiger charge is 2.38. The third-order valence-electron chi connectivity index (χ3n) is 2.80. The van der Waals surface area contributed by atoms with Crippen LogP contribution in [0, 0.1) is 0 Å². The number of alkyl halides is 3. The predicted molar refractivity (Wildman–Crippen MR) is 71.0 cm³/mol. The predicted octanol–water partition coefficient (Wildman–Crippen LogP) is 2.62. The molecule has 1 amide bonds. The van der Waals surface area contributed by atoms with Gasteiger partial charge < -0.3 is 10.6 Å². The highest BCUT2D eigenvalue weighted by molar-refractivity contribution is 5.81. The summed E-state index contributed by atoms with van der Waals surface area (Å²) in [6.07, 6.45) is -3.60. The van der Waals surface area contributed by atoms with Crippen LogP contribution in [0.5, 0.6) is 0 Å². The van der Waals surface area contributed by atoms with Crippen molar-refractivity contribution in [1.29, 1.82) is 0 Å². The smallest absolute Gasteiger partial charge is 0.346 e. The molecule has 0 saturated heterocycles. The van der Waals surface area contributed by atoms with Crippen LogP contribution in [0.4, 0.5) is 13.2 Å². The molecule has 0 saturated carbocycles. The Balaban J connectivity index is 2.11. The minimum absolute atomic E-state index is 0.484. The Morgan fingerprint density at radius 1 is 1.25 bits per heavy atom. The summed E-state index contributed by atoms with van der Waals surface area (Å²) in [6.45, 7) is 2.99. The first-order chi connectivity index (χ1) is 9.39. The highest BCUT2D eigenvalue weighted by atomic mass is 19.4. The number of halogens is 3. The van der Waals surface area contributed by atoms with Gasteiger partial charge in [0.25, 0.3) is 0 Å². The lowest BCUT2D eigenvalue weighted by Crippen LogP contribution is -2.42. The average molecular weight is 288 g/mol. The molecule has 0 radical (unpaired) electrons. The van der Waals surface area contributed by atoms with Gasteiger partial charge in [-0.1, -0.05) is 30.3 Å². The Labute approximate surface area is 116 Å². The van der Waals surface area contributed by atoms with E-state index in [1.54, 1.807) is 6.92 Å². The fraction of sp³-hybridized carbons (Fsp3) is 0.500. The second-order valence-electron chi connectivity index (χ2n) is 4.68. The monoisotopic (exact) mass is 288 g/mol. The third kappa shape index (κ3) is 6.56. The summed E-state index contributed by atoms with van der Waals surface area (Å²) in [6, 6.07) is 9.35. The summed E-state index contributed by atoms with van der Waals surface area (Å²) in [7, 11) is 0. The number of carbonyl (C=O) groups excluding carboxylic acids is 1. The minimum Gasteiger partial charge on any atom is -0.346 e. The molecule has 2 N–H and O–H groups in total. The van der Waals surface area contributed by atoms with E-state index in [4.69, 9.17) is 0 Å². The topological polar surface area (TPSA) is 41.1 Å². The largest absolute Gasteiger partial charge is 0.471 e. The van der Waals surface area contributed by atoms with E-state index < -0.39 is 18.1 Å². The molecule has 1 atom stereocenters. The van der Waals surface area contributed by atoms with Gasteiger partial charge in [0.1, 0.15) is 0 Å². The molecule has 1 unspecified atom stereocenters. The summed E-state index contributed by atoms with van der Waals surface area (Å²) in [5.41, 5.74) is 1.16. The van der Waals surface area contributed by atoms with Crippen molar-refractivity contribution >= 4 is 5.91 Å². The van der Waals surface area contributed by atoms with Crippen LogP contribution in [-0.2, 0) is 11.3 Å². The quantitative estimate of drug-likeness (QED) is 0.757. The molecule has 6 heteroatoms. The van der Waals surface area contributed by atoms with Gasteiger partial charge in [0.2, 0.25) is 0 Å². The zero-order valence-corrected chi connectivity index (χ0v) is 11.3. The number of carbonyl (C=O) groups is 1. The standard InChI is InChI=1S/C14H19F3N2O/c1-11(19-13(20)14(15,16)17)6-5-9-18-10-12-7-3-2-4-8-12/h2-4,7-8,11,18H,5-6,9-10H2,1H3,(H,19,20). The van der Waals surface area contributed by atoms with E-state index in [0.29, 0.717) is 19.4 Å². The SMILES string of the molecule is CC(CCCNCc1ccccc1)NC(=O)C(F)(F)F. The molecule has 0 fully saturated rings. The number of hydrogen-bond donors (Lipinski definition) is 2. The molecule has 0 aromatic heterocycles. The minimum atomic E-state index is -4.81. The van der Waals surface area contributed by atoms with E-state index >= 15 is 0 Å². The molecule has 112 valence electrons. The van der Waals surface area contributed by atoms with Crippen LogP contribution < -0.4 is 10.6 Å². The van der Waals surface area contributed by atoms with Crippen molar-refractivity contribution in [3.63, 3.8) is 0 Å². The molecular formula is C14H19F3N2O. The van der Waals surface area contributed by atoms with Crippen LogP contribution in [0.15, 0.2) is 30.3 Å². The Kier molecular flexibility index (Phi) is 6.51. The zero-order chi connectivity index (χ0) is 15.0. The van der Waals surface area contributed by atoms with Gasteiger partial charge in [-0.15, -0.1) is 0 Å². The molecule has 0 aliphatic carbocycles. The number of nitrogens with one attached hydrogen (secondary N) is 2. The summed E-state index contributed by atoms with van der Waals surface area (Å²) < 4.78 is 36.0. The summed E-state index contributed by atoms with van der Waals surface area (Å²) in [5, 5.41) is 5.14. The van der Waals surface area contributed by atoms with Gasteiger partial charge in [-0.05, 0) is 31.9 Å². The lowest BCUT2D eigenvalue weighted by molar-refractivity contribution is -0.174. The fourth-order valence-corrected chi connectivity index (χ4v) is 1.74. The second-order valence-corrected chi connectivity index (χ2v) is 4.68. The molecule has 0 spiro atoms. The molecular weight excluding hydrogens is 269 g/mol. The van der Waals surface area contributed by atoms with Gasteiger partial charge in [0, 0.05) is 12.6 Å². The second kappa shape index (κ2) is 7.89. The van der Waals surface area contributed by atoms with Crippen LogP contribution in [0.25, 0.3) is 0 Å². The van der Waals surface area contributed by atoms with E-state index in [1.165, 1.54) is 0 Å². The van der Waals surface area contributed by atoms with Crippen molar-refractivity contribution in [2.45, 2.75) is 38.5 Å². The van der Waals surface area contributed by atoms with Crippen LogP contribution in [0.2, 0.25) is 0 Å². The van der Waals surface area contributed by atoms with Gasteiger partial charge in [-0.25, -0.2) is 0 Å². The lowest BCUT2D eigenvalue weighted by atomic mass is 10.1. The molecule has 0 aliphatic heterocycles. The molecule has 1 aromatic rings. The van der Waals surface area contributed by atoms with E-state index in [1.807, 2.05) is 35.6 Å². The van der Waals surface area contributed by atoms with Gasteiger partial charge in [-0.2, -0.15) is 13.2 Å². The molecule has 0 bridgehead atoms. The van der Waals surface area contributed by atoms with Crippen LogP contribution in [-0.4, -0.2) is 24.7 Å². The van der Waals surface area contributed by atoms with Crippen LogP contribution in [0.1, 0.15) is 25.3 Å². The first-order valence-corrected chi connectivity index (χ1v) is 6.52. The van der Waals surface area contributed by atoms with Gasteiger partial charge in [0.05, 0.1) is 0 Å². The Bertz CT molecular complexity index is 407. The first-order valence-electron chi connectivity index (χ1n) is 6.52. The third-order valence-corrected chi connectivity index (χ3v) is 2.80.